The molecule has 1 saturated carbocycles. The number of carbonyl (C=O) groups is 2. The number of hydrogen-bond donors (Lipinski definition) is 1. The fourth-order valence-corrected chi connectivity index (χ4v) is 6.92. The number of benzene rings is 1. The van der Waals surface area contributed by atoms with Crippen molar-refractivity contribution in [3.63, 3.8) is 0 Å². The summed E-state index contributed by atoms with van der Waals surface area (Å²) in [6, 6.07) is 3.69. The van der Waals surface area contributed by atoms with E-state index in [1.165, 1.54) is 0 Å². The molecule has 1 amide bonds. The number of likely N-dealkylation sites (tertiary alicyclic amines) is 1. The molecule has 0 radical (unpaired) electrons. The maximum Gasteiger partial charge on any atom is 0.416 e. The summed E-state index contributed by atoms with van der Waals surface area (Å²) in [7, 11) is 1.90. The van der Waals surface area contributed by atoms with Gasteiger partial charge in [-0.15, -0.1) is 0 Å². The van der Waals surface area contributed by atoms with E-state index in [0.29, 0.717) is 63.4 Å². The first-order valence-corrected chi connectivity index (χ1v) is 16.2. The van der Waals surface area contributed by atoms with E-state index >= 15 is 0 Å². The maximum atomic E-state index is 14.5. The topological polar surface area (TPSA) is 101 Å². The molecule has 254 valence electrons. The number of rotatable bonds is 9. The lowest BCUT2D eigenvalue weighted by Gasteiger charge is -2.47. The molecule has 3 atom stereocenters. The van der Waals surface area contributed by atoms with Crippen LogP contribution in [0.1, 0.15) is 76.3 Å². The predicted octanol–water partition coefficient (Wildman–Crippen LogP) is 7.45. The van der Waals surface area contributed by atoms with Crippen molar-refractivity contribution in [1.29, 1.82) is 0 Å². The summed E-state index contributed by atoms with van der Waals surface area (Å²) in [5, 5.41) is 9.32. The lowest BCUT2D eigenvalue weighted by Crippen LogP contribution is -2.57. The van der Waals surface area contributed by atoms with Crippen molar-refractivity contribution < 1.29 is 37.0 Å². The summed E-state index contributed by atoms with van der Waals surface area (Å²) in [4.78, 5) is 37.8. The summed E-state index contributed by atoms with van der Waals surface area (Å²) in [6.45, 7) is 3.87. The molecule has 1 aliphatic heterocycles. The number of carbonyl (C=O) groups excluding carboxylic acids is 1. The molecule has 47 heavy (non-hydrogen) atoms. The van der Waals surface area contributed by atoms with Gasteiger partial charge in [0.05, 0.1) is 11.5 Å². The van der Waals surface area contributed by atoms with Crippen molar-refractivity contribution in [2.45, 2.75) is 102 Å². The fraction of sp³-hybridized carbons (Fsp3) is 0.529. The van der Waals surface area contributed by atoms with Crippen LogP contribution in [-0.4, -0.2) is 60.8 Å². The van der Waals surface area contributed by atoms with Gasteiger partial charge in [-0.3, -0.25) is 4.79 Å². The molecule has 2 aliphatic rings. The van der Waals surface area contributed by atoms with Gasteiger partial charge < -0.3 is 24.2 Å². The third kappa shape index (κ3) is 8.05. The molecule has 0 spiro atoms. The number of hydrogen-bond acceptors (Lipinski definition) is 6. The number of aromatic nitrogens is 3. The Balaban J connectivity index is 1.41. The van der Waals surface area contributed by atoms with Crippen molar-refractivity contribution in [3.05, 3.63) is 66.0 Å². The average molecular weight is 660 g/mol. The van der Waals surface area contributed by atoms with Crippen LogP contribution in [0.25, 0.3) is 11.1 Å². The van der Waals surface area contributed by atoms with Gasteiger partial charge in [-0.2, -0.15) is 13.2 Å². The summed E-state index contributed by atoms with van der Waals surface area (Å²) in [6.07, 6.45) is 5.69. The molecule has 1 aliphatic carbocycles. The molecule has 1 aromatic carbocycles. The average Bonchev–Trinajstić information content (AvgIpc) is 3.48. The van der Waals surface area contributed by atoms with Crippen molar-refractivity contribution in [2.24, 2.45) is 13.0 Å². The second kappa shape index (κ2) is 14.3. The number of anilines is 1. The third-order valence-corrected chi connectivity index (χ3v) is 9.46. The van der Waals surface area contributed by atoms with E-state index in [1.807, 2.05) is 48.8 Å². The van der Waals surface area contributed by atoms with Crippen LogP contribution in [0, 0.1) is 11.7 Å². The number of amides is 1. The SMILES string of the molecule is CC[C@@H]1C[C@H](N(Cc2cc(F)cc(C(F)(F)F)c2)c2ncc(-c3ccn(C)c3)cn2)C[C@H](CC)N1C(=O)O[C@H]1CC[C@H](C(=O)O)CC1. The van der Waals surface area contributed by atoms with E-state index < -0.39 is 35.5 Å². The highest BCUT2D eigenvalue weighted by Gasteiger charge is 2.42. The van der Waals surface area contributed by atoms with Crippen LogP contribution in [0.2, 0.25) is 0 Å². The predicted molar refractivity (Wildman–Crippen MR) is 167 cm³/mol. The van der Waals surface area contributed by atoms with Crippen LogP contribution in [0.15, 0.2) is 49.1 Å². The Morgan fingerprint density at radius 1 is 1.00 bits per heavy atom. The molecule has 3 heterocycles. The number of aliphatic carboxylic acids is 1. The van der Waals surface area contributed by atoms with Gasteiger partial charge >= 0.3 is 18.2 Å². The summed E-state index contributed by atoms with van der Waals surface area (Å²) in [5.74, 6) is -1.94. The zero-order chi connectivity index (χ0) is 33.9. The van der Waals surface area contributed by atoms with Gasteiger partial charge in [-0.1, -0.05) is 13.8 Å². The van der Waals surface area contributed by atoms with Gasteiger partial charge in [-0.05, 0) is 81.2 Å². The van der Waals surface area contributed by atoms with Crippen LogP contribution in [0.3, 0.4) is 0 Å². The van der Waals surface area contributed by atoms with Crippen LogP contribution in [-0.2, 0) is 29.3 Å². The normalized spacial score (nSPS) is 23.4. The number of carboxylic acids is 1. The largest absolute Gasteiger partial charge is 0.481 e. The Morgan fingerprint density at radius 3 is 2.17 bits per heavy atom. The monoisotopic (exact) mass is 659 g/mol. The minimum absolute atomic E-state index is 0.0691. The molecule has 9 nitrogen and oxygen atoms in total. The lowest BCUT2D eigenvalue weighted by molar-refractivity contribution is -0.143. The summed E-state index contributed by atoms with van der Waals surface area (Å²) in [5.41, 5.74) is 0.742. The highest BCUT2D eigenvalue weighted by molar-refractivity contribution is 5.70. The van der Waals surface area contributed by atoms with Gasteiger partial charge in [0, 0.05) is 67.6 Å². The minimum atomic E-state index is -4.71. The fourth-order valence-electron chi connectivity index (χ4n) is 6.92. The van der Waals surface area contributed by atoms with E-state index in [9.17, 15) is 32.3 Å². The first-order valence-electron chi connectivity index (χ1n) is 16.2. The van der Waals surface area contributed by atoms with Gasteiger partial charge in [0.15, 0.2) is 0 Å². The minimum Gasteiger partial charge on any atom is -0.481 e. The van der Waals surface area contributed by atoms with E-state index in [4.69, 9.17) is 4.74 Å². The Morgan fingerprint density at radius 2 is 1.64 bits per heavy atom. The zero-order valence-electron chi connectivity index (χ0n) is 26.8. The van der Waals surface area contributed by atoms with Crippen LogP contribution >= 0.6 is 0 Å². The van der Waals surface area contributed by atoms with Crippen molar-refractivity contribution in [3.8, 4) is 11.1 Å². The molecule has 0 unspecified atom stereocenters. The number of alkyl halides is 3. The van der Waals surface area contributed by atoms with Gasteiger partial charge in [-0.25, -0.2) is 19.2 Å². The Bertz CT molecular complexity index is 1520. The van der Waals surface area contributed by atoms with Gasteiger partial charge in [0.25, 0.3) is 0 Å². The number of carboxylic acid groups (broad SMARTS) is 1. The van der Waals surface area contributed by atoms with E-state index in [1.54, 1.807) is 17.3 Å². The smallest absolute Gasteiger partial charge is 0.416 e. The Labute approximate surface area is 271 Å². The molecule has 1 N–H and O–H groups in total. The molecule has 2 aromatic heterocycles. The number of nitrogens with zero attached hydrogens (tertiary/aromatic N) is 5. The van der Waals surface area contributed by atoms with Crippen molar-refractivity contribution >= 4 is 18.0 Å². The third-order valence-electron chi connectivity index (χ3n) is 9.46. The van der Waals surface area contributed by atoms with Crippen LogP contribution < -0.4 is 4.90 Å². The number of piperidine rings is 1. The van der Waals surface area contributed by atoms with Crippen molar-refractivity contribution in [1.82, 2.24) is 19.4 Å². The van der Waals surface area contributed by atoms with Gasteiger partial charge in [0.2, 0.25) is 5.95 Å². The van der Waals surface area contributed by atoms with E-state index in [-0.39, 0.29) is 36.3 Å². The van der Waals surface area contributed by atoms with Crippen LogP contribution in [0.4, 0.5) is 28.3 Å². The number of halogens is 4. The number of aryl methyl sites for hydroxylation is 1. The van der Waals surface area contributed by atoms with Crippen molar-refractivity contribution in [2.75, 3.05) is 4.90 Å². The molecule has 5 rings (SSSR count). The van der Waals surface area contributed by atoms with Crippen LogP contribution in [0.5, 0.6) is 0 Å². The first-order chi connectivity index (χ1) is 22.4. The Kier molecular flexibility index (Phi) is 10.4. The summed E-state index contributed by atoms with van der Waals surface area (Å²) < 4.78 is 63.2. The van der Waals surface area contributed by atoms with E-state index in [2.05, 4.69) is 9.97 Å². The maximum absolute atomic E-state index is 14.5. The zero-order valence-corrected chi connectivity index (χ0v) is 26.8. The molecule has 3 aromatic rings. The molecule has 2 fully saturated rings. The standard InChI is InChI=1S/C34H41F4N5O4/c1-4-27-15-29(16-28(5-2)43(27)33(46)47-30-8-6-22(7-9-30)31(44)45)42(19-21-12-25(34(36,37)38)14-26(35)13-21)32-39-17-24(18-40-32)23-10-11-41(3)20-23/h10-14,17-18,20,22,27-30H,4-9,15-16,19H2,1-3H3,(H,44,45)/t22-,27-,28+,29+,30-. The first kappa shape index (κ1) is 34.2. The Hall–Kier alpha value is -4.16. The molecular weight excluding hydrogens is 618 g/mol. The van der Waals surface area contributed by atoms with Gasteiger partial charge in [0.1, 0.15) is 11.9 Å². The molecule has 1 saturated heterocycles. The highest BCUT2D eigenvalue weighted by Crippen LogP contribution is 2.36. The lowest BCUT2D eigenvalue weighted by atomic mass is 9.87. The molecular formula is C34H41F4N5O4. The second-order valence-electron chi connectivity index (χ2n) is 12.7. The quantitative estimate of drug-likeness (QED) is 0.238. The molecule has 0 bridgehead atoms. The molecule has 13 heteroatoms. The second-order valence-corrected chi connectivity index (χ2v) is 12.7. The summed E-state index contributed by atoms with van der Waals surface area (Å²) >= 11 is 0. The highest BCUT2D eigenvalue weighted by atomic mass is 19.4. The number of ether oxygens (including phenoxy) is 1. The van der Waals surface area contributed by atoms with E-state index in [0.717, 1.165) is 23.3 Å².